The number of carbonyl (C=O) groups is 2. The van der Waals surface area contributed by atoms with Gasteiger partial charge in [-0.05, 0) is 31.2 Å². The molecule has 1 aromatic heterocycles. The van der Waals surface area contributed by atoms with Crippen LogP contribution in [0.3, 0.4) is 0 Å². The van der Waals surface area contributed by atoms with E-state index in [0.717, 1.165) is 17.5 Å². The van der Waals surface area contributed by atoms with E-state index in [9.17, 15) is 9.59 Å². The van der Waals surface area contributed by atoms with Crippen LogP contribution < -0.4 is 5.32 Å². The average molecular weight is 280 g/mol. The number of rotatable bonds is 3. The van der Waals surface area contributed by atoms with Gasteiger partial charge in [0.1, 0.15) is 5.54 Å². The van der Waals surface area contributed by atoms with Gasteiger partial charge in [-0.3, -0.25) is 9.59 Å². The van der Waals surface area contributed by atoms with Gasteiger partial charge >= 0.3 is 0 Å². The van der Waals surface area contributed by atoms with Gasteiger partial charge in [-0.2, -0.15) is 11.3 Å². The van der Waals surface area contributed by atoms with Crippen LogP contribution >= 0.6 is 11.3 Å². The van der Waals surface area contributed by atoms with E-state index in [2.05, 4.69) is 5.32 Å². The van der Waals surface area contributed by atoms with Crippen LogP contribution in [0.2, 0.25) is 0 Å². The number of hydrogen-bond acceptors (Lipinski definition) is 3. The topological polar surface area (TPSA) is 49.4 Å². The summed E-state index contributed by atoms with van der Waals surface area (Å²) in [4.78, 5) is 26.6. The molecular formula is C14H20N2O2S. The Morgan fingerprint density at radius 3 is 2.84 bits per heavy atom. The van der Waals surface area contributed by atoms with E-state index in [1.807, 2.05) is 31.5 Å². The molecule has 0 aromatic carbocycles. The molecule has 2 amide bonds. The molecule has 0 saturated carbocycles. The van der Waals surface area contributed by atoms with Crippen LogP contribution in [0, 0.1) is 6.92 Å². The van der Waals surface area contributed by atoms with Crippen LogP contribution in [0.4, 0.5) is 0 Å². The minimum atomic E-state index is -0.724. The Kier molecular flexibility index (Phi) is 3.94. The summed E-state index contributed by atoms with van der Waals surface area (Å²) in [6.07, 6.45) is 1.56. The molecule has 1 atom stereocenters. The fourth-order valence-electron chi connectivity index (χ4n) is 2.63. The number of piperazine rings is 1. The molecule has 19 heavy (non-hydrogen) atoms. The van der Waals surface area contributed by atoms with Gasteiger partial charge in [0.15, 0.2) is 0 Å². The van der Waals surface area contributed by atoms with Gasteiger partial charge in [-0.15, -0.1) is 0 Å². The molecule has 5 heteroatoms. The molecule has 1 aromatic rings. The molecular weight excluding hydrogens is 260 g/mol. The molecule has 1 N–H and O–H groups in total. The van der Waals surface area contributed by atoms with Crippen molar-refractivity contribution in [1.29, 1.82) is 0 Å². The fourth-order valence-corrected chi connectivity index (χ4v) is 3.45. The van der Waals surface area contributed by atoms with Gasteiger partial charge in [0.25, 0.3) is 5.91 Å². The van der Waals surface area contributed by atoms with Crippen LogP contribution in [-0.4, -0.2) is 35.3 Å². The Balaban J connectivity index is 2.33. The third-order valence-corrected chi connectivity index (χ3v) is 4.64. The minimum Gasteiger partial charge on any atom is -0.352 e. The van der Waals surface area contributed by atoms with E-state index < -0.39 is 5.54 Å². The van der Waals surface area contributed by atoms with Gasteiger partial charge in [-0.25, -0.2) is 0 Å². The molecule has 1 fully saturated rings. The van der Waals surface area contributed by atoms with E-state index in [1.165, 1.54) is 11.3 Å². The molecule has 0 spiro atoms. The first kappa shape index (κ1) is 14.1. The van der Waals surface area contributed by atoms with Crippen LogP contribution in [0.1, 0.15) is 42.6 Å². The number of thiophene rings is 1. The molecule has 4 nitrogen and oxygen atoms in total. The minimum absolute atomic E-state index is 0.0236. The summed E-state index contributed by atoms with van der Waals surface area (Å²) in [6, 6.07) is 0. The SMILES string of the molecule is CCCC1(C)C(=O)NCCN1C(=O)c1cscc1C. The molecule has 2 heterocycles. The Morgan fingerprint density at radius 1 is 1.53 bits per heavy atom. The molecule has 1 aliphatic heterocycles. The Labute approximate surface area is 117 Å². The lowest BCUT2D eigenvalue weighted by molar-refractivity contribution is -0.134. The smallest absolute Gasteiger partial charge is 0.255 e. The highest BCUT2D eigenvalue weighted by Gasteiger charge is 2.44. The lowest BCUT2D eigenvalue weighted by atomic mass is 9.90. The first-order valence-electron chi connectivity index (χ1n) is 6.63. The maximum absolute atomic E-state index is 12.7. The van der Waals surface area contributed by atoms with Gasteiger partial charge in [0.2, 0.25) is 5.91 Å². The summed E-state index contributed by atoms with van der Waals surface area (Å²) in [5, 5.41) is 6.71. The zero-order chi connectivity index (χ0) is 14.0. The third kappa shape index (κ3) is 2.39. The number of nitrogens with one attached hydrogen (secondary N) is 1. The maximum atomic E-state index is 12.7. The van der Waals surface area contributed by atoms with E-state index in [1.54, 1.807) is 4.90 Å². The fraction of sp³-hybridized carbons (Fsp3) is 0.571. The summed E-state index contributed by atoms with van der Waals surface area (Å²) in [7, 11) is 0. The zero-order valence-electron chi connectivity index (χ0n) is 11.7. The molecule has 0 radical (unpaired) electrons. The third-order valence-electron chi connectivity index (χ3n) is 3.77. The second-order valence-corrected chi connectivity index (χ2v) is 5.95. The van der Waals surface area contributed by atoms with Gasteiger partial charge in [0.05, 0.1) is 5.56 Å². The number of carbonyl (C=O) groups excluding carboxylic acids is 2. The monoisotopic (exact) mass is 280 g/mol. The number of amides is 2. The summed E-state index contributed by atoms with van der Waals surface area (Å²) >= 11 is 1.52. The van der Waals surface area contributed by atoms with Crippen molar-refractivity contribution < 1.29 is 9.59 Å². The predicted molar refractivity (Wildman–Crippen MR) is 76.4 cm³/mol. The number of aryl methyl sites for hydroxylation is 1. The Bertz CT molecular complexity index is 497. The molecule has 2 rings (SSSR count). The van der Waals surface area contributed by atoms with E-state index in [0.29, 0.717) is 19.5 Å². The van der Waals surface area contributed by atoms with Crippen LogP contribution in [-0.2, 0) is 4.79 Å². The van der Waals surface area contributed by atoms with Crippen molar-refractivity contribution in [3.8, 4) is 0 Å². The van der Waals surface area contributed by atoms with Crippen molar-refractivity contribution in [3.05, 3.63) is 21.9 Å². The largest absolute Gasteiger partial charge is 0.352 e. The highest BCUT2D eigenvalue weighted by molar-refractivity contribution is 7.08. The normalized spacial score (nSPS) is 23.3. The van der Waals surface area contributed by atoms with Crippen molar-refractivity contribution in [2.24, 2.45) is 0 Å². The second kappa shape index (κ2) is 5.33. The summed E-state index contributed by atoms with van der Waals surface area (Å²) in [6.45, 7) is 6.95. The quantitative estimate of drug-likeness (QED) is 0.922. The molecule has 104 valence electrons. The number of nitrogens with zero attached hydrogens (tertiary/aromatic N) is 1. The lowest BCUT2D eigenvalue weighted by Gasteiger charge is -2.43. The van der Waals surface area contributed by atoms with E-state index in [-0.39, 0.29) is 11.8 Å². The van der Waals surface area contributed by atoms with Crippen LogP contribution in [0.25, 0.3) is 0 Å². The first-order chi connectivity index (χ1) is 9.00. The summed E-state index contributed by atoms with van der Waals surface area (Å²) in [5.74, 6) is -0.0635. The zero-order valence-corrected chi connectivity index (χ0v) is 12.5. The Hall–Kier alpha value is -1.36. The van der Waals surface area contributed by atoms with Crippen molar-refractivity contribution >= 4 is 23.2 Å². The Morgan fingerprint density at radius 2 is 2.26 bits per heavy atom. The van der Waals surface area contributed by atoms with Crippen LogP contribution in [0.5, 0.6) is 0 Å². The van der Waals surface area contributed by atoms with Crippen molar-refractivity contribution in [2.45, 2.75) is 39.2 Å². The average Bonchev–Trinajstić information content (AvgIpc) is 2.79. The molecule has 0 aliphatic carbocycles. The van der Waals surface area contributed by atoms with Gasteiger partial charge in [0, 0.05) is 18.5 Å². The van der Waals surface area contributed by atoms with Gasteiger partial charge in [-0.1, -0.05) is 13.3 Å². The first-order valence-corrected chi connectivity index (χ1v) is 7.58. The van der Waals surface area contributed by atoms with E-state index >= 15 is 0 Å². The van der Waals surface area contributed by atoms with Crippen molar-refractivity contribution in [1.82, 2.24) is 10.2 Å². The number of hydrogen-bond donors (Lipinski definition) is 1. The molecule has 1 saturated heterocycles. The highest BCUT2D eigenvalue weighted by atomic mass is 32.1. The summed E-state index contributed by atoms with van der Waals surface area (Å²) in [5.41, 5.74) is 0.986. The van der Waals surface area contributed by atoms with Gasteiger partial charge < -0.3 is 10.2 Å². The molecule has 1 unspecified atom stereocenters. The maximum Gasteiger partial charge on any atom is 0.255 e. The summed E-state index contributed by atoms with van der Waals surface area (Å²) < 4.78 is 0. The van der Waals surface area contributed by atoms with E-state index in [4.69, 9.17) is 0 Å². The molecule has 0 bridgehead atoms. The highest BCUT2D eigenvalue weighted by Crippen LogP contribution is 2.27. The molecule has 1 aliphatic rings. The predicted octanol–water partition coefficient (Wildman–Crippen LogP) is 2.19. The van der Waals surface area contributed by atoms with Crippen molar-refractivity contribution in [3.63, 3.8) is 0 Å². The standard InChI is InChI=1S/C14H20N2O2S/c1-4-5-14(3)13(18)15-6-7-16(14)12(17)11-9-19-8-10(11)2/h8-9H,4-7H2,1-3H3,(H,15,18). The second-order valence-electron chi connectivity index (χ2n) is 5.21. The lowest BCUT2D eigenvalue weighted by Crippen LogP contribution is -2.64. The van der Waals surface area contributed by atoms with Crippen LogP contribution in [0.15, 0.2) is 10.8 Å². The van der Waals surface area contributed by atoms with Crippen molar-refractivity contribution in [2.75, 3.05) is 13.1 Å².